The van der Waals surface area contributed by atoms with Crippen LogP contribution in [0.1, 0.15) is 12.8 Å². The minimum atomic E-state index is -3.58. The lowest BCUT2D eigenvalue weighted by atomic mass is 10.2. The molecule has 0 unspecified atom stereocenters. The van der Waals surface area contributed by atoms with Crippen LogP contribution >= 0.6 is 0 Å². The van der Waals surface area contributed by atoms with E-state index in [9.17, 15) is 13.2 Å². The Morgan fingerprint density at radius 3 is 2.95 bits per heavy atom. The number of carbonyl (C=O) groups excluding carboxylic acids is 1. The van der Waals surface area contributed by atoms with Crippen molar-refractivity contribution in [3.05, 3.63) is 24.4 Å². The zero-order valence-electron chi connectivity index (χ0n) is 10.3. The predicted octanol–water partition coefficient (Wildman–Crippen LogP) is 0.366. The second-order valence-corrected chi connectivity index (χ2v) is 6.12. The van der Waals surface area contributed by atoms with Crippen molar-refractivity contribution in [3.8, 4) is 0 Å². The zero-order chi connectivity index (χ0) is 13.9. The van der Waals surface area contributed by atoms with Gasteiger partial charge in [0.05, 0.1) is 5.75 Å². The van der Waals surface area contributed by atoms with Crippen LogP contribution in [0.2, 0.25) is 0 Å². The number of likely N-dealkylation sites (tertiary alicyclic amines) is 1. The number of urea groups is 1. The van der Waals surface area contributed by atoms with Gasteiger partial charge in [0.15, 0.2) is 0 Å². The Labute approximate surface area is 111 Å². The molecule has 2 rings (SSSR count). The first kappa shape index (κ1) is 13.8. The van der Waals surface area contributed by atoms with Crippen molar-refractivity contribution < 1.29 is 13.2 Å². The number of primary sulfonamides is 1. The zero-order valence-corrected chi connectivity index (χ0v) is 11.1. The molecule has 1 aromatic heterocycles. The first-order chi connectivity index (χ1) is 8.96. The van der Waals surface area contributed by atoms with E-state index in [-0.39, 0.29) is 17.8 Å². The van der Waals surface area contributed by atoms with Gasteiger partial charge in [0, 0.05) is 18.8 Å². The molecule has 1 aliphatic rings. The topological polar surface area (TPSA) is 105 Å². The van der Waals surface area contributed by atoms with Crippen LogP contribution in [0.3, 0.4) is 0 Å². The van der Waals surface area contributed by atoms with Gasteiger partial charge >= 0.3 is 6.03 Å². The summed E-state index contributed by atoms with van der Waals surface area (Å²) in [6.07, 6.45) is 2.99. The van der Waals surface area contributed by atoms with Crippen LogP contribution in [0, 0.1) is 0 Å². The van der Waals surface area contributed by atoms with Gasteiger partial charge in [-0.25, -0.2) is 23.3 Å². The van der Waals surface area contributed by atoms with Crippen LogP contribution in [0.5, 0.6) is 0 Å². The fourth-order valence-electron chi connectivity index (χ4n) is 2.16. The molecular formula is C11H16N4O3S. The van der Waals surface area contributed by atoms with Gasteiger partial charge in [0.1, 0.15) is 5.82 Å². The molecule has 0 radical (unpaired) electrons. The molecule has 0 saturated carbocycles. The molecule has 2 heterocycles. The third-order valence-electron chi connectivity index (χ3n) is 2.96. The fourth-order valence-corrected chi connectivity index (χ4v) is 3.05. The number of anilines is 1. The molecule has 104 valence electrons. The maximum Gasteiger partial charge on any atom is 0.323 e. The molecule has 0 spiro atoms. The number of pyridine rings is 1. The first-order valence-electron chi connectivity index (χ1n) is 5.95. The number of hydrogen-bond donors (Lipinski definition) is 2. The van der Waals surface area contributed by atoms with Crippen molar-refractivity contribution in [2.75, 3.05) is 17.6 Å². The van der Waals surface area contributed by atoms with Crippen molar-refractivity contribution >= 4 is 21.9 Å². The van der Waals surface area contributed by atoms with Crippen LogP contribution in [0.4, 0.5) is 10.6 Å². The molecule has 3 N–H and O–H groups in total. The summed E-state index contributed by atoms with van der Waals surface area (Å²) < 4.78 is 22.2. The lowest BCUT2D eigenvalue weighted by Gasteiger charge is -2.23. The number of nitrogens with two attached hydrogens (primary N) is 1. The highest BCUT2D eigenvalue weighted by molar-refractivity contribution is 7.89. The smallest absolute Gasteiger partial charge is 0.320 e. The van der Waals surface area contributed by atoms with Crippen LogP contribution in [0.25, 0.3) is 0 Å². The van der Waals surface area contributed by atoms with E-state index in [4.69, 9.17) is 5.14 Å². The Bertz CT molecular complexity index is 546. The molecule has 0 bridgehead atoms. The molecule has 1 aromatic rings. The molecule has 1 aliphatic heterocycles. The minimum absolute atomic E-state index is 0.206. The summed E-state index contributed by atoms with van der Waals surface area (Å²) in [5.41, 5.74) is 0. The summed E-state index contributed by atoms with van der Waals surface area (Å²) in [5, 5.41) is 7.67. The molecule has 8 heteroatoms. The first-order valence-corrected chi connectivity index (χ1v) is 7.66. The quantitative estimate of drug-likeness (QED) is 0.836. The fraction of sp³-hybridized carbons (Fsp3) is 0.455. The van der Waals surface area contributed by atoms with Crippen LogP contribution in [-0.4, -0.2) is 42.7 Å². The SMILES string of the molecule is NS(=O)(=O)C[C@H]1CCCN1C(=O)Nc1ccccn1. The summed E-state index contributed by atoms with van der Waals surface area (Å²) in [4.78, 5) is 17.5. The summed E-state index contributed by atoms with van der Waals surface area (Å²) in [6, 6.07) is 4.47. The maximum atomic E-state index is 12.1. The van der Waals surface area contributed by atoms with Crippen LogP contribution in [-0.2, 0) is 10.0 Å². The lowest BCUT2D eigenvalue weighted by molar-refractivity contribution is 0.210. The predicted molar refractivity (Wildman–Crippen MR) is 71.0 cm³/mol. The largest absolute Gasteiger partial charge is 0.323 e. The Morgan fingerprint density at radius 1 is 1.53 bits per heavy atom. The van der Waals surface area contributed by atoms with Gasteiger partial charge in [0.2, 0.25) is 10.0 Å². The number of hydrogen-bond acceptors (Lipinski definition) is 4. The van der Waals surface area contributed by atoms with E-state index in [0.717, 1.165) is 6.42 Å². The second-order valence-electron chi connectivity index (χ2n) is 4.46. The second kappa shape index (κ2) is 5.54. The van der Waals surface area contributed by atoms with Gasteiger partial charge in [0.25, 0.3) is 0 Å². The maximum absolute atomic E-state index is 12.1. The Balaban J connectivity index is 2.02. The molecule has 1 saturated heterocycles. The van der Waals surface area contributed by atoms with Crippen molar-refractivity contribution in [1.82, 2.24) is 9.88 Å². The molecule has 1 fully saturated rings. The minimum Gasteiger partial charge on any atom is -0.320 e. The van der Waals surface area contributed by atoms with Gasteiger partial charge < -0.3 is 4.90 Å². The summed E-state index contributed by atoms with van der Waals surface area (Å²) in [7, 11) is -3.58. The number of nitrogens with one attached hydrogen (secondary N) is 1. The van der Waals surface area contributed by atoms with Gasteiger partial charge in [-0.3, -0.25) is 5.32 Å². The number of carbonyl (C=O) groups is 1. The summed E-state index contributed by atoms with van der Waals surface area (Å²) in [5.74, 6) is 0.233. The van der Waals surface area contributed by atoms with E-state index in [1.54, 1.807) is 24.4 Å². The van der Waals surface area contributed by atoms with Crippen molar-refractivity contribution in [1.29, 1.82) is 0 Å². The molecule has 0 aliphatic carbocycles. The highest BCUT2D eigenvalue weighted by Gasteiger charge is 2.31. The molecule has 7 nitrogen and oxygen atoms in total. The van der Waals surface area contributed by atoms with E-state index >= 15 is 0 Å². The molecule has 1 atom stereocenters. The third kappa shape index (κ3) is 3.90. The monoisotopic (exact) mass is 284 g/mol. The number of rotatable bonds is 3. The average molecular weight is 284 g/mol. The molecule has 19 heavy (non-hydrogen) atoms. The van der Waals surface area contributed by atoms with E-state index < -0.39 is 10.0 Å². The van der Waals surface area contributed by atoms with Crippen LogP contribution in [0.15, 0.2) is 24.4 Å². The van der Waals surface area contributed by atoms with Gasteiger partial charge in [-0.1, -0.05) is 6.07 Å². The number of aromatic nitrogens is 1. The summed E-state index contributed by atoms with van der Waals surface area (Å²) >= 11 is 0. The number of amides is 2. The Hall–Kier alpha value is -1.67. The molecule has 0 aromatic carbocycles. The lowest BCUT2D eigenvalue weighted by Crippen LogP contribution is -2.43. The number of sulfonamides is 1. The van der Waals surface area contributed by atoms with E-state index in [2.05, 4.69) is 10.3 Å². The van der Waals surface area contributed by atoms with E-state index in [0.29, 0.717) is 18.8 Å². The van der Waals surface area contributed by atoms with Crippen molar-refractivity contribution in [2.45, 2.75) is 18.9 Å². The van der Waals surface area contributed by atoms with Crippen LogP contribution < -0.4 is 10.5 Å². The molecular weight excluding hydrogens is 268 g/mol. The van der Waals surface area contributed by atoms with Crippen molar-refractivity contribution in [2.24, 2.45) is 5.14 Å². The standard InChI is InChI=1S/C11H16N4O3S/c12-19(17,18)8-9-4-3-7-15(9)11(16)14-10-5-1-2-6-13-10/h1-2,5-6,9H,3-4,7-8H2,(H2,12,17,18)(H,13,14,16)/t9-/m1/s1. The van der Waals surface area contributed by atoms with Gasteiger partial charge in [-0.15, -0.1) is 0 Å². The van der Waals surface area contributed by atoms with Gasteiger partial charge in [-0.2, -0.15) is 0 Å². The third-order valence-corrected chi connectivity index (χ3v) is 3.81. The van der Waals surface area contributed by atoms with E-state index in [1.165, 1.54) is 4.90 Å². The van der Waals surface area contributed by atoms with E-state index in [1.807, 2.05) is 0 Å². The average Bonchev–Trinajstić information content (AvgIpc) is 2.76. The summed E-state index contributed by atoms with van der Waals surface area (Å²) in [6.45, 7) is 0.527. The normalized spacial score (nSPS) is 19.4. The Kier molecular flexibility index (Phi) is 4.01. The molecule has 2 amide bonds. The Morgan fingerprint density at radius 2 is 2.32 bits per heavy atom. The number of nitrogens with zero attached hydrogens (tertiary/aromatic N) is 2. The highest BCUT2D eigenvalue weighted by atomic mass is 32.2. The highest BCUT2D eigenvalue weighted by Crippen LogP contribution is 2.19. The van der Waals surface area contributed by atoms with Crippen molar-refractivity contribution in [3.63, 3.8) is 0 Å². The van der Waals surface area contributed by atoms with Gasteiger partial charge in [-0.05, 0) is 25.0 Å².